The fourth-order valence-corrected chi connectivity index (χ4v) is 2.06. The molecule has 1 aromatic heterocycles. The summed E-state index contributed by atoms with van der Waals surface area (Å²) < 4.78 is 5.44. The third-order valence-electron chi connectivity index (χ3n) is 2.22. The lowest BCUT2D eigenvalue weighted by Crippen LogP contribution is -1.96. The maximum absolute atomic E-state index is 11.4. The van der Waals surface area contributed by atoms with Crippen LogP contribution in [0.3, 0.4) is 0 Å². The van der Waals surface area contributed by atoms with Gasteiger partial charge in [0.25, 0.3) is 0 Å². The number of rotatable bonds is 3. The maximum Gasteiger partial charge on any atom is 0.208 e. The van der Waals surface area contributed by atoms with Crippen molar-refractivity contribution >= 4 is 44.9 Å². The van der Waals surface area contributed by atoms with Crippen molar-refractivity contribution in [3.63, 3.8) is 0 Å². The van der Waals surface area contributed by atoms with E-state index >= 15 is 0 Å². The summed E-state index contributed by atoms with van der Waals surface area (Å²) >= 11 is 15.1. The average Bonchev–Trinajstić information content (AvgIpc) is 2.81. The van der Waals surface area contributed by atoms with E-state index in [1.807, 2.05) is 0 Å². The van der Waals surface area contributed by atoms with Gasteiger partial charge < -0.3 is 4.42 Å². The van der Waals surface area contributed by atoms with Crippen molar-refractivity contribution in [3.8, 4) is 11.3 Å². The summed E-state index contributed by atoms with van der Waals surface area (Å²) in [4.78, 5) is 11.4. The molecule has 5 heteroatoms. The van der Waals surface area contributed by atoms with Crippen LogP contribution in [0.15, 0.2) is 34.7 Å². The number of ketones is 1. The molecule has 0 saturated heterocycles. The summed E-state index contributed by atoms with van der Waals surface area (Å²) in [6, 6.07) is 8.58. The molecular formula is C12H7BrCl2O2. The molecule has 0 aliphatic carbocycles. The minimum Gasteiger partial charge on any atom is -0.453 e. The van der Waals surface area contributed by atoms with Crippen molar-refractivity contribution in [3.05, 3.63) is 46.1 Å². The zero-order chi connectivity index (χ0) is 12.4. The first-order valence-corrected chi connectivity index (χ1v) is 6.64. The quantitative estimate of drug-likeness (QED) is 0.594. The lowest BCUT2D eigenvalue weighted by Gasteiger charge is -2.02. The predicted molar refractivity (Wildman–Crippen MR) is 72.3 cm³/mol. The van der Waals surface area contributed by atoms with Crippen LogP contribution < -0.4 is 0 Å². The van der Waals surface area contributed by atoms with Crippen LogP contribution in [0.2, 0.25) is 10.0 Å². The summed E-state index contributed by atoms with van der Waals surface area (Å²) in [6.07, 6.45) is 0. The van der Waals surface area contributed by atoms with Gasteiger partial charge in [-0.05, 0) is 24.3 Å². The highest BCUT2D eigenvalue weighted by molar-refractivity contribution is 9.09. The second-order valence-electron chi connectivity index (χ2n) is 3.32. The van der Waals surface area contributed by atoms with Gasteiger partial charge in [-0.15, -0.1) is 0 Å². The van der Waals surface area contributed by atoms with E-state index in [-0.39, 0.29) is 11.1 Å². The van der Waals surface area contributed by atoms with E-state index in [0.29, 0.717) is 27.1 Å². The summed E-state index contributed by atoms with van der Waals surface area (Å²) in [5, 5.41) is 1.10. The molecule has 2 rings (SSSR count). The number of hydrogen-bond donors (Lipinski definition) is 0. The van der Waals surface area contributed by atoms with Gasteiger partial charge in [-0.2, -0.15) is 0 Å². The number of alkyl halides is 1. The molecule has 0 fully saturated rings. The van der Waals surface area contributed by atoms with Crippen molar-refractivity contribution < 1.29 is 9.21 Å². The van der Waals surface area contributed by atoms with Crippen molar-refractivity contribution in [1.29, 1.82) is 0 Å². The first kappa shape index (κ1) is 12.7. The topological polar surface area (TPSA) is 30.2 Å². The van der Waals surface area contributed by atoms with Crippen LogP contribution >= 0.6 is 39.1 Å². The lowest BCUT2D eigenvalue weighted by atomic mass is 10.2. The van der Waals surface area contributed by atoms with Gasteiger partial charge in [0.2, 0.25) is 5.78 Å². The van der Waals surface area contributed by atoms with E-state index < -0.39 is 0 Å². The lowest BCUT2D eigenvalue weighted by molar-refractivity contribution is 0.0994. The summed E-state index contributed by atoms with van der Waals surface area (Å²) in [5.41, 5.74) is 0.674. The Kier molecular flexibility index (Phi) is 3.92. The normalized spacial score (nSPS) is 10.5. The summed E-state index contributed by atoms with van der Waals surface area (Å²) in [5.74, 6) is 0.712. The molecule has 0 aliphatic rings. The smallest absolute Gasteiger partial charge is 0.208 e. The molecule has 2 aromatic rings. The maximum atomic E-state index is 11.4. The summed E-state index contributed by atoms with van der Waals surface area (Å²) in [6.45, 7) is 0. The van der Waals surface area contributed by atoms with Crippen molar-refractivity contribution in [2.75, 3.05) is 5.33 Å². The van der Waals surface area contributed by atoms with Gasteiger partial charge in [-0.3, -0.25) is 4.79 Å². The Morgan fingerprint density at radius 1 is 1.24 bits per heavy atom. The summed E-state index contributed by atoms with van der Waals surface area (Å²) in [7, 11) is 0. The van der Waals surface area contributed by atoms with Gasteiger partial charge in [-0.1, -0.05) is 45.2 Å². The Bertz CT molecular complexity index is 563. The molecule has 0 aliphatic heterocycles. The van der Waals surface area contributed by atoms with Crippen LogP contribution in [0.4, 0.5) is 0 Å². The van der Waals surface area contributed by atoms with Crippen LogP contribution in [-0.4, -0.2) is 11.1 Å². The minimum atomic E-state index is -0.116. The highest BCUT2D eigenvalue weighted by Crippen LogP contribution is 2.34. The Morgan fingerprint density at radius 3 is 2.71 bits per heavy atom. The molecule has 0 atom stereocenters. The molecule has 1 aromatic carbocycles. The molecular weight excluding hydrogens is 327 g/mol. The molecule has 0 radical (unpaired) electrons. The van der Waals surface area contributed by atoms with E-state index in [2.05, 4.69) is 15.9 Å². The van der Waals surface area contributed by atoms with Gasteiger partial charge in [0.1, 0.15) is 5.76 Å². The fraction of sp³-hybridized carbons (Fsp3) is 0.0833. The molecule has 0 saturated carbocycles. The highest BCUT2D eigenvalue weighted by atomic mass is 79.9. The van der Waals surface area contributed by atoms with Crippen LogP contribution in [-0.2, 0) is 0 Å². The second kappa shape index (κ2) is 5.25. The van der Waals surface area contributed by atoms with Gasteiger partial charge in [0.05, 0.1) is 15.4 Å². The minimum absolute atomic E-state index is 0.116. The molecule has 0 N–H and O–H groups in total. The molecule has 2 nitrogen and oxygen atoms in total. The van der Waals surface area contributed by atoms with Crippen LogP contribution in [0.1, 0.15) is 10.6 Å². The number of carbonyl (C=O) groups is 1. The van der Waals surface area contributed by atoms with Gasteiger partial charge >= 0.3 is 0 Å². The SMILES string of the molecule is O=C(CBr)c1ccc(-c2cccc(Cl)c2Cl)o1. The third kappa shape index (κ3) is 2.57. The number of halogens is 3. The third-order valence-corrected chi connectivity index (χ3v) is 3.55. The van der Waals surface area contributed by atoms with Gasteiger partial charge in [0.15, 0.2) is 5.76 Å². The number of hydrogen-bond acceptors (Lipinski definition) is 2. The standard InChI is InChI=1S/C12H7BrCl2O2/c13-6-9(16)11-5-4-10(17-11)7-2-1-3-8(14)12(7)15/h1-5H,6H2. The van der Waals surface area contributed by atoms with Crippen LogP contribution in [0.5, 0.6) is 0 Å². The Hall–Kier alpha value is -0.770. The first-order valence-electron chi connectivity index (χ1n) is 4.77. The van der Waals surface area contributed by atoms with Crippen LogP contribution in [0, 0.1) is 0 Å². The van der Waals surface area contributed by atoms with E-state index in [9.17, 15) is 4.79 Å². The Labute approximate surface area is 117 Å². The van der Waals surface area contributed by atoms with Gasteiger partial charge in [0, 0.05) is 5.56 Å². The highest BCUT2D eigenvalue weighted by Gasteiger charge is 2.13. The number of Topliss-reactive ketones (excluding diaryl/α,β-unsaturated/α-hetero) is 1. The van der Waals surface area contributed by atoms with Gasteiger partial charge in [-0.25, -0.2) is 0 Å². The molecule has 0 unspecified atom stereocenters. The number of furan rings is 1. The molecule has 88 valence electrons. The largest absolute Gasteiger partial charge is 0.453 e. The monoisotopic (exact) mass is 332 g/mol. The fourth-order valence-electron chi connectivity index (χ4n) is 1.39. The number of benzene rings is 1. The van der Waals surface area contributed by atoms with Crippen molar-refractivity contribution in [2.24, 2.45) is 0 Å². The second-order valence-corrected chi connectivity index (χ2v) is 4.67. The number of carbonyl (C=O) groups excluding carboxylic acids is 1. The zero-order valence-electron chi connectivity index (χ0n) is 8.54. The molecule has 0 amide bonds. The van der Waals surface area contributed by atoms with E-state index in [0.717, 1.165) is 0 Å². The molecule has 17 heavy (non-hydrogen) atoms. The van der Waals surface area contributed by atoms with Crippen molar-refractivity contribution in [2.45, 2.75) is 0 Å². The van der Waals surface area contributed by atoms with E-state index in [4.69, 9.17) is 27.6 Å². The molecule has 0 bridgehead atoms. The van der Waals surface area contributed by atoms with Crippen LogP contribution in [0.25, 0.3) is 11.3 Å². The predicted octanol–water partition coefficient (Wildman–Crippen LogP) is 4.83. The van der Waals surface area contributed by atoms with Crippen molar-refractivity contribution in [1.82, 2.24) is 0 Å². The Balaban J connectivity index is 2.44. The average molecular weight is 334 g/mol. The van der Waals surface area contributed by atoms with E-state index in [1.165, 1.54) is 0 Å². The zero-order valence-corrected chi connectivity index (χ0v) is 11.6. The molecule has 0 spiro atoms. The molecule has 1 heterocycles. The Morgan fingerprint density at radius 2 is 2.00 bits per heavy atom. The van der Waals surface area contributed by atoms with E-state index in [1.54, 1.807) is 30.3 Å². The first-order chi connectivity index (χ1) is 8.13.